The normalized spacial score (nSPS) is 10.3. The highest BCUT2D eigenvalue weighted by Crippen LogP contribution is 2.28. The summed E-state index contributed by atoms with van der Waals surface area (Å²) in [6.45, 7) is 0. The highest BCUT2D eigenvalue weighted by molar-refractivity contribution is 6.36. The van der Waals surface area contributed by atoms with Crippen molar-refractivity contribution in [2.24, 2.45) is 0 Å². The highest BCUT2D eigenvalue weighted by Gasteiger charge is 2.04. The average Bonchev–Trinajstić information content (AvgIpc) is 2.52. The van der Waals surface area contributed by atoms with Crippen LogP contribution < -0.4 is 10.6 Å². The Balaban J connectivity index is 1.79. The monoisotopic (exact) mass is 330 g/mol. The van der Waals surface area contributed by atoms with Crippen molar-refractivity contribution in [2.75, 3.05) is 10.6 Å². The number of hydrogen-bond donors (Lipinski definition) is 2. The lowest BCUT2D eigenvalue weighted by molar-refractivity contribution is 1.17. The van der Waals surface area contributed by atoms with Crippen LogP contribution in [0.4, 0.5) is 23.0 Å². The Labute approximate surface area is 138 Å². The van der Waals surface area contributed by atoms with E-state index in [0.29, 0.717) is 21.7 Å². The minimum absolute atomic E-state index is 0.531. The van der Waals surface area contributed by atoms with Crippen LogP contribution in [0.5, 0.6) is 0 Å². The minimum Gasteiger partial charge on any atom is -0.340 e. The summed E-state index contributed by atoms with van der Waals surface area (Å²) in [5, 5.41) is 7.47. The second-order valence-corrected chi connectivity index (χ2v) is 5.37. The minimum atomic E-state index is 0.531. The molecule has 0 radical (unpaired) electrons. The predicted molar refractivity (Wildman–Crippen MR) is 91.5 cm³/mol. The highest BCUT2D eigenvalue weighted by atomic mass is 35.5. The standard InChI is InChI=1S/C16H12Cl2N4/c17-11-6-7-14(13(18)8-11)22-16-9-15(19-10-20-16)21-12-4-2-1-3-5-12/h1-10H,(H2,19,20,21,22). The van der Waals surface area contributed by atoms with Crippen molar-refractivity contribution < 1.29 is 0 Å². The number of para-hydroxylation sites is 1. The number of anilines is 4. The smallest absolute Gasteiger partial charge is 0.135 e. The average molecular weight is 331 g/mol. The fourth-order valence-electron chi connectivity index (χ4n) is 1.89. The van der Waals surface area contributed by atoms with E-state index in [0.717, 1.165) is 11.4 Å². The fourth-order valence-corrected chi connectivity index (χ4v) is 2.35. The molecule has 2 aromatic carbocycles. The van der Waals surface area contributed by atoms with Gasteiger partial charge in [-0.25, -0.2) is 9.97 Å². The molecular weight excluding hydrogens is 319 g/mol. The summed E-state index contributed by atoms with van der Waals surface area (Å²) in [6, 6.07) is 16.8. The molecule has 0 fully saturated rings. The molecule has 1 aromatic heterocycles. The summed E-state index contributed by atoms with van der Waals surface area (Å²) < 4.78 is 0. The molecule has 0 aliphatic rings. The van der Waals surface area contributed by atoms with Gasteiger partial charge in [0.25, 0.3) is 0 Å². The Morgan fingerprint density at radius 2 is 1.50 bits per heavy atom. The van der Waals surface area contributed by atoms with Crippen LogP contribution in [-0.2, 0) is 0 Å². The molecule has 1 heterocycles. The lowest BCUT2D eigenvalue weighted by atomic mass is 10.3. The SMILES string of the molecule is Clc1ccc(Nc2cc(Nc3ccccc3)ncn2)c(Cl)c1. The number of nitrogens with zero attached hydrogens (tertiary/aromatic N) is 2. The quantitative estimate of drug-likeness (QED) is 0.684. The Kier molecular flexibility index (Phi) is 4.42. The zero-order valence-corrected chi connectivity index (χ0v) is 12.9. The molecule has 0 bridgehead atoms. The van der Waals surface area contributed by atoms with Gasteiger partial charge in [-0.3, -0.25) is 0 Å². The van der Waals surface area contributed by atoms with Crippen LogP contribution in [0.3, 0.4) is 0 Å². The van der Waals surface area contributed by atoms with Crippen molar-refractivity contribution in [1.29, 1.82) is 0 Å². The first kappa shape index (κ1) is 14.6. The number of aromatic nitrogens is 2. The third-order valence-electron chi connectivity index (χ3n) is 2.91. The number of hydrogen-bond acceptors (Lipinski definition) is 4. The first-order valence-corrected chi connectivity index (χ1v) is 7.32. The van der Waals surface area contributed by atoms with Gasteiger partial charge < -0.3 is 10.6 Å². The molecule has 2 N–H and O–H groups in total. The molecule has 3 rings (SSSR count). The van der Waals surface area contributed by atoms with Crippen molar-refractivity contribution in [3.63, 3.8) is 0 Å². The maximum absolute atomic E-state index is 6.14. The van der Waals surface area contributed by atoms with Crippen molar-refractivity contribution in [2.45, 2.75) is 0 Å². The Morgan fingerprint density at radius 3 is 2.23 bits per heavy atom. The molecule has 22 heavy (non-hydrogen) atoms. The summed E-state index contributed by atoms with van der Waals surface area (Å²) >= 11 is 12.0. The topological polar surface area (TPSA) is 49.8 Å². The van der Waals surface area contributed by atoms with Gasteiger partial charge in [-0.15, -0.1) is 0 Å². The third-order valence-corrected chi connectivity index (χ3v) is 3.45. The van der Waals surface area contributed by atoms with E-state index in [1.54, 1.807) is 24.3 Å². The lowest BCUT2D eigenvalue weighted by Crippen LogP contribution is -1.98. The van der Waals surface area contributed by atoms with Gasteiger partial charge in [-0.2, -0.15) is 0 Å². The molecule has 4 nitrogen and oxygen atoms in total. The molecule has 0 atom stereocenters. The maximum atomic E-state index is 6.14. The first-order valence-electron chi connectivity index (χ1n) is 6.57. The Morgan fingerprint density at radius 1 is 0.773 bits per heavy atom. The number of benzene rings is 2. The second-order valence-electron chi connectivity index (χ2n) is 4.53. The van der Waals surface area contributed by atoms with E-state index >= 15 is 0 Å². The second kappa shape index (κ2) is 6.64. The number of rotatable bonds is 4. The number of halogens is 2. The molecule has 6 heteroatoms. The van der Waals surface area contributed by atoms with Gasteiger partial charge in [-0.05, 0) is 30.3 Å². The molecule has 0 spiro atoms. The molecular formula is C16H12Cl2N4. The lowest BCUT2D eigenvalue weighted by Gasteiger charge is -2.10. The summed E-state index contributed by atoms with van der Waals surface area (Å²) in [7, 11) is 0. The maximum Gasteiger partial charge on any atom is 0.135 e. The van der Waals surface area contributed by atoms with Crippen LogP contribution >= 0.6 is 23.2 Å². The van der Waals surface area contributed by atoms with Gasteiger partial charge in [0.2, 0.25) is 0 Å². The number of nitrogens with one attached hydrogen (secondary N) is 2. The van der Waals surface area contributed by atoms with Crippen LogP contribution in [0.15, 0.2) is 60.9 Å². The van der Waals surface area contributed by atoms with Crippen molar-refractivity contribution in [1.82, 2.24) is 9.97 Å². The molecule has 0 aliphatic heterocycles. The van der Waals surface area contributed by atoms with Crippen LogP contribution in [-0.4, -0.2) is 9.97 Å². The third kappa shape index (κ3) is 3.67. The van der Waals surface area contributed by atoms with E-state index < -0.39 is 0 Å². The summed E-state index contributed by atoms with van der Waals surface area (Å²) in [5.41, 5.74) is 1.69. The van der Waals surface area contributed by atoms with Gasteiger partial charge >= 0.3 is 0 Å². The van der Waals surface area contributed by atoms with Crippen molar-refractivity contribution in [3.8, 4) is 0 Å². The van der Waals surface area contributed by atoms with Crippen LogP contribution in [0, 0.1) is 0 Å². The largest absolute Gasteiger partial charge is 0.340 e. The van der Waals surface area contributed by atoms with Gasteiger partial charge in [0.15, 0.2) is 0 Å². The zero-order valence-electron chi connectivity index (χ0n) is 11.4. The first-order chi connectivity index (χ1) is 10.7. The Hall–Kier alpha value is -2.30. The van der Waals surface area contributed by atoms with Crippen molar-refractivity contribution >= 4 is 46.2 Å². The van der Waals surface area contributed by atoms with E-state index in [2.05, 4.69) is 20.6 Å². The molecule has 3 aromatic rings. The van der Waals surface area contributed by atoms with Gasteiger partial charge in [0.1, 0.15) is 18.0 Å². The predicted octanol–water partition coefficient (Wildman–Crippen LogP) is 5.27. The van der Waals surface area contributed by atoms with Crippen LogP contribution in [0.2, 0.25) is 10.0 Å². The molecule has 0 unspecified atom stereocenters. The van der Waals surface area contributed by atoms with Crippen LogP contribution in [0.1, 0.15) is 0 Å². The van der Waals surface area contributed by atoms with Crippen LogP contribution in [0.25, 0.3) is 0 Å². The zero-order chi connectivity index (χ0) is 15.4. The summed E-state index contributed by atoms with van der Waals surface area (Å²) in [4.78, 5) is 8.38. The Bertz CT molecular complexity index is 778. The molecule has 0 amide bonds. The van der Waals surface area contributed by atoms with E-state index in [1.165, 1.54) is 6.33 Å². The van der Waals surface area contributed by atoms with E-state index in [9.17, 15) is 0 Å². The van der Waals surface area contributed by atoms with Gasteiger partial charge in [-0.1, -0.05) is 41.4 Å². The van der Waals surface area contributed by atoms with Crippen molar-refractivity contribution in [3.05, 3.63) is 71.0 Å². The summed E-state index contributed by atoms with van der Waals surface area (Å²) in [6.07, 6.45) is 1.48. The van der Waals surface area contributed by atoms with Gasteiger partial charge in [0.05, 0.1) is 10.7 Å². The van der Waals surface area contributed by atoms with Gasteiger partial charge in [0, 0.05) is 16.8 Å². The molecule has 0 saturated carbocycles. The van der Waals surface area contributed by atoms with E-state index in [-0.39, 0.29) is 0 Å². The fraction of sp³-hybridized carbons (Fsp3) is 0. The van der Waals surface area contributed by atoms with E-state index in [1.807, 2.05) is 30.3 Å². The summed E-state index contributed by atoms with van der Waals surface area (Å²) in [5.74, 6) is 1.33. The van der Waals surface area contributed by atoms with E-state index in [4.69, 9.17) is 23.2 Å². The molecule has 0 aliphatic carbocycles. The molecule has 0 saturated heterocycles. The molecule has 110 valence electrons.